The van der Waals surface area contributed by atoms with Crippen LogP contribution < -0.4 is 4.90 Å². The third-order valence-corrected chi connectivity index (χ3v) is 3.61. The van der Waals surface area contributed by atoms with Crippen LogP contribution in [0.25, 0.3) is 0 Å². The van der Waals surface area contributed by atoms with E-state index in [2.05, 4.69) is 4.98 Å². The predicted octanol–water partition coefficient (Wildman–Crippen LogP) is 2.52. The van der Waals surface area contributed by atoms with E-state index in [4.69, 9.17) is 16.7 Å². The number of pyridine rings is 1. The summed E-state index contributed by atoms with van der Waals surface area (Å²) in [6, 6.07) is 8.45. The Hall–Kier alpha value is -2.40. The van der Waals surface area contributed by atoms with E-state index in [0.29, 0.717) is 23.7 Å². The topological polar surface area (TPSA) is 70.5 Å². The van der Waals surface area contributed by atoms with E-state index in [1.54, 1.807) is 23.1 Å². The second-order valence-corrected chi connectivity index (χ2v) is 5.21. The van der Waals surface area contributed by atoms with Gasteiger partial charge in [0, 0.05) is 16.9 Å². The zero-order valence-electron chi connectivity index (χ0n) is 10.9. The van der Waals surface area contributed by atoms with E-state index in [1.807, 2.05) is 6.07 Å². The molecule has 1 aliphatic rings. The zero-order chi connectivity index (χ0) is 15.0. The van der Waals surface area contributed by atoms with Gasteiger partial charge in [-0.3, -0.25) is 9.78 Å². The molecule has 0 unspecified atom stereocenters. The number of nitrogens with zero attached hydrogens (tertiary/aromatic N) is 2. The number of carboxylic acid groups (broad SMARTS) is 1. The van der Waals surface area contributed by atoms with E-state index < -0.39 is 5.97 Å². The van der Waals surface area contributed by atoms with Gasteiger partial charge >= 0.3 is 5.97 Å². The van der Waals surface area contributed by atoms with Crippen molar-refractivity contribution in [3.63, 3.8) is 0 Å². The minimum absolute atomic E-state index is 0.0172. The van der Waals surface area contributed by atoms with Crippen LogP contribution in [0, 0.1) is 0 Å². The van der Waals surface area contributed by atoms with Gasteiger partial charge in [0.1, 0.15) is 0 Å². The first-order valence-electron chi connectivity index (χ1n) is 6.31. The van der Waals surface area contributed by atoms with E-state index >= 15 is 0 Å². The van der Waals surface area contributed by atoms with Crippen molar-refractivity contribution in [1.29, 1.82) is 0 Å². The van der Waals surface area contributed by atoms with Crippen molar-refractivity contribution in [1.82, 2.24) is 4.98 Å². The van der Waals surface area contributed by atoms with Crippen LogP contribution in [-0.4, -0.2) is 22.0 Å². The molecule has 2 heterocycles. The lowest BCUT2D eigenvalue weighted by Crippen LogP contribution is -2.26. The van der Waals surface area contributed by atoms with Gasteiger partial charge in [-0.1, -0.05) is 17.7 Å². The SMILES string of the molecule is O=C(O)c1ccc(CN2C(=O)Cc3ccc(Cl)cc32)nc1. The maximum absolute atomic E-state index is 12.1. The highest BCUT2D eigenvalue weighted by Gasteiger charge is 2.27. The molecule has 2 aromatic rings. The van der Waals surface area contributed by atoms with Crippen molar-refractivity contribution in [2.75, 3.05) is 4.90 Å². The number of halogens is 1. The summed E-state index contributed by atoms with van der Waals surface area (Å²) in [5, 5.41) is 9.42. The van der Waals surface area contributed by atoms with Gasteiger partial charge in [0.05, 0.1) is 24.2 Å². The Balaban J connectivity index is 1.87. The van der Waals surface area contributed by atoms with Crippen molar-refractivity contribution in [2.45, 2.75) is 13.0 Å². The summed E-state index contributed by atoms with van der Waals surface area (Å²) in [4.78, 5) is 28.6. The summed E-state index contributed by atoms with van der Waals surface area (Å²) in [5.74, 6) is -1.04. The van der Waals surface area contributed by atoms with Gasteiger partial charge in [0.15, 0.2) is 0 Å². The van der Waals surface area contributed by atoms with Crippen LogP contribution in [0.5, 0.6) is 0 Å². The molecule has 106 valence electrons. The van der Waals surface area contributed by atoms with Crippen molar-refractivity contribution in [3.8, 4) is 0 Å². The second kappa shape index (κ2) is 5.18. The Bertz CT molecular complexity index is 728. The molecule has 0 spiro atoms. The number of benzene rings is 1. The number of carboxylic acids is 1. The van der Waals surface area contributed by atoms with Crippen LogP contribution >= 0.6 is 11.6 Å². The van der Waals surface area contributed by atoms with Gasteiger partial charge in [0.2, 0.25) is 5.91 Å². The number of hydrogen-bond donors (Lipinski definition) is 1. The minimum Gasteiger partial charge on any atom is -0.478 e. The molecule has 0 saturated heterocycles. The predicted molar refractivity (Wildman–Crippen MR) is 77.5 cm³/mol. The average molecular weight is 303 g/mol. The summed E-state index contributed by atoms with van der Waals surface area (Å²) in [6.45, 7) is 0.298. The number of carbonyl (C=O) groups is 2. The highest BCUT2D eigenvalue weighted by Crippen LogP contribution is 2.32. The minimum atomic E-state index is -1.02. The molecule has 5 nitrogen and oxygen atoms in total. The number of carbonyl (C=O) groups excluding carboxylic acids is 1. The van der Waals surface area contributed by atoms with Crippen molar-refractivity contribution >= 4 is 29.2 Å². The molecular formula is C15H11ClN2O3. The van der Waals surface area contributed by atoms with Crippen molar-refractivity contribution in [3.05, 3.63) is 58.4 Å². The summed E-state index contributed by atoms with van der Waals surface area (Å²) >= 11 is 5.98. The molecule has 6 heteroatoms. The number of rotatable bonds is 3. The fraction of sp³-hybridized carbons (Fsp3) is 0.133. The summed E-state index contributed by atoms with van der Waals surface area (Å²) < 4.78 is 0. The van der Waals surface area contributed by atoms with Crippen LogP contribution in [-0.2, 0) is 17.8 Å². The molecule has 1 aliphatic heterocycles. The summed E-state index contributed by atoms with van der Waals surface area (Å²) in [5.41, 5.74) is 2.47. The quantitative estimate of drug-likeness (QED) is 0.946. The number of fused-ring (bicyclic) bond motifs is 1. The second-order valence-electron chi connectivity index (χ2n) is 4.77. The third kappa shape index (κ3) is 2.60. The Morgan fingerprint density at radius 3 is 2.81 bits per heavy atom. The smallest absolute Gasteiger partial charge is 0.337 e. The van der Waals surface area contributed by atoms with Crippen LogP contribution in [0.1, 0.15) is 21.6 Å². The first kappa shape index (κ1) is 13.6. The molecule has 1 aromatic carbocycles. The maximum Gasteiger partial charge on any atom is 0.337 e. The monoisotopic (exact) mass is 302 g/mol. The number of hydrogen-bond acceptors (Lipinski definition) is 3. The van der Waals surface area contributed by atoms with Gasteiger partial charge in [0.25, 0.3) is 0 Å². The van der Waals surface area contributed by atoms with E-state index in [-0.39, 0.29) is 11.5 Å². The molecule has 0 fully saturated rings. The molecule has 3 rings (SSSR count). The van der Waals surface area contributed by atoms with Crippen LogP contribution in [0.4, 0.5) is 5.69 Å². The first-order valence-corrected chi connectivity index (χ1v) is 6.69. The third-order valence-electron chi connectivity index (χ3n) is 3.37. The Morgan fingerprint density at radius 2 is 2.14 bits per heavy atom. The lowest BCUT2D eigenvalue weighted by molar-refractivity contribution is -0.117. The highest BCUT2D eigenvalue weighted by molar-refractivity contribution is 6.31. The molecule has 0 radical (unpaired) electrons. The normalized spacial score (nSPS) is 13.4. The molecule has 0 aliphatic carbocycles. The fourth-order valence-corrected chi connectivity index (χ4v) is 2.48. The van der Waals surface area contributed by atoms with Crippen molar-refractivity contribution < 1.29 is 14.7 Å². The number of anilines is 1. The van der Waals surface area contributed by atoms with E-state index in [1.165, 1.54) is 12.3 Å². The van der Waals surface area contributed by atoms with E-state index in [9.17, 15) is 9.59 Å². The maximum atomic E-state index is 12.1. The molecular weight excluding hydrogens is 292 g/mol. The average Bonchev–Trinajstić information content (AvgIpc) is 2.76. The van der Waals surface area contributed by atoms with Crippen LogP contribution in [0.15, 0.2) is 36.5 Å². The fourth-order valence-electron chi connectivity index (χ4n) is 2.31. The molecule has 21 heavy (non-hydrogen) atoms. The first-order chi connectivity index (χ1) is 10.0. The van der Waals surface area contributed by atoms with Gasteiger partial charge in [-0.2, -0.15) is 0 Å². The van der Waals surface area contributed by atoms with Crippen LogP contribution in [0.2, 0.25) is 5.02 Å². The van der Waals surface area contributed by atoms with Gasteiger partial charge < -0.3 is 10.0 Å². The van der Waals surface area contributed by atoms with Gasteiger partial charge in [-0.15, -0.1) is 0 Å². The zero-order valence-corrected chi connectivity index (χ0v) is 11.7. The lowest BCUT2D eigenvalue weighted by atomic mass is 10.2. The molecule has 0 atom stereocenters. The summed E-state index contributed by atoms with van der Waals surface area (Å²) in [7, 11) is 0. The largest absolute Gasteiger partial charge is 0.478 e. The number of aromatic carboxylic acids is 1. The molecule has 1 aromatic heterocycles. The van der Waals surface area contributed by atoms with Crippen LogP contribution in [0.3, 0.4) is 0 Å². The number of aromatic nitrogens is 1. The molecule has 1 N–H and O–H groups in total. The number of amides is 1. The van der Waals surface area contributed by atoms with Crippen molar-refractivity contribution in [2.24, 2.45) is 0 Å². The van der Waals surface area contributed by atoms with Gasteiger partial charge in [-0.05, 0) is 29.8 Å². The highest BCUT2D eigenvalue weighted by atomic mass is 35.5. The Morgan fingerprint density at radius 1 is 1.33 bits per heavy atom. The van der Waals surface area contributed by atoms with Gasteiger partial charge in [-0.25, -0.2) is 4.79 Å². The Labute approximate surface area is 125 Å². The lowest BCUT2D eigenvalue weighted by Gasteiger charge is -2.17. The standard InChI is InChI=1S/C15H11ClN2O3/c16-11-3-1-9-5-14(19)18(13(9)6-11)8-12-4-2-10(7-17-12)15(20)21/h1-4,6-7H,5,8H2,(H,20,21). The molecule has 1 amide bonds. The van der Waals surface area contributed by atoms with E-state index in [0.717, 1.165) is 11.3 Å². The Kier molecular flexibility index (Phi) is 3.35. The molecule has 0 saturated carbocycles. The summed E-state index contributed by atoms with van der Waals surface area (Å²) in [6.07, 6.45) is 1.64. The molecule has 0 bridgehead atoms.